The summed E-state index contributed by atoms with van der Waals surface area (Å²) in [5.74, 6) is 5.36. The molecule has 1 unspecified atom stereocenters. The molecule has 0 saturated carbocycles. The molecule has 0 radical (unpaired) electrons. The van der Waals surface area contributed by atoms with E-state index in [2.05, 4.69) is 17.1 Å². The lowest BCUT2D eigenvalue weighted by molar-refractivity contribution is 0.577. The number of aryl methyl sites for hydroxylation is 2. The predicted octanol–water partition coefficient (Wildman–Crippen LogP) is 2.01. The van der Waals surface area contributed by atoms with Crippen molar-refractivity contribution < 1.29 is 8.42 Å². The van der Waals surface area contributed by atoms with Gasteiger partial charge in [-0.1, -0.05) is 6.92 Å². The summed E-state index contributed by atoms with van der Waals surface area (Å²) in [6, 6.07) is 3.46. The second kappa shape index (κ2) is 7.31. The number of nitrogens with two attached hydrogens (primary N) is 1. The number of sulfonamides is 1. The van der Waals surface area contributed by atoms with E-state index in [1.165, 1.54) is 0 Å². The summed E-state index contributed by atoms with van der Waals surface area (Å²) in [6.45, 7) is 6.07. The monoisotopic (exact) mass is 317 g/mol. The topological polar surface area (TPSA) is 84.2 Å². The van der Waals surface area contributed by atoms with Gasteiger partial charge in [0.25, 0.3) is 0 Å². The molecule has 0 aromatic heterocycles. The minimum Gasteiger partial charge on any atom is -0.324 e. The average Bonchev–Trinajstić information content (AvgIpc) is 2.36. The minimum atomic E-state index is -3.48. The maximum Gasteiger partial charge on any atom is 0.241 e. The van der Waals surface area contributed by atoms with Gasteiger partial charge >= 0.3 is 0 Å². The number of benzene rings is 1. The van der Waals surface area contributed by atoms with E-state index in [1.807, 2.05) is 6.26 Å². The first-order valence-corrected chi connectivity index (χ1v) is 9.19. The van der Waals surface area contributed by atoms with Gasteiger partial charge in [-0.2, -0.15) is 11.8 Å². The van der Waals surface area contributed by atoms with Crippen LogP contribution in [0.4, 0.5) is 5.69 Å². The average molecular weight is 317 g/mol. The Morgan fingerprint density at radius 2 is 1.85 bits per heavy atom. The van der Waals surface area contributed by atoms with E-state index < -0.39 is 10.0 Å². The minimum absolute atomic E-state index is 0.341. The summed E-state index contributed by atoms with van der Waals surface area (Å²) in [4.78, 5) is 0.341. The number of nitrogen functional groups attached to an aromatic ring is 1. The molecule has 0 saturated heterocycles. The fourth-order valence-electron chi connectivity index (χ4n) is 2.04. The first-order chi connectivity index (χ1) is 9.31. The second-order valence-electron chi connectivity index (χ2n) is 4.82. The molecule has 0 fully saturated rings. The fraction of sp³-hybridized carbons (Fsp3) is 0.538. The molecular formula is C13H23N3O2S2. The summed E-state index contributed by atoms with van der Waals surface area (Å²) in [6.07, 6.45) is 2.83. The van der Waals surface area contributed by atoms with E-state index in [9.17, 15) is 8.42 Å². The van der Waals surface area contributed by atoms with Gasteiger partial charge in [0.15, 0.2) is 0 Å². The van der Waals surface area contributed by atoms with Gasteiger partial charge in [0.2, 0.25) is 10.0 Å². The number of hydrogen-bond acceptors (Lipinski definition) is 5. The van der Waals surface area contributed by atoms with Gasteiger partial charge in [-0.05, 0) is 49.8 Å². The maximum atomic E-state index is 12.4. The van der Waals surface area contributed by atoms with Crippen LogP contribution < -0.4 is 16.0 Å². The summed E-state index contributed by atoms with van der Waals surface area (Å²) in [5.41, 5.74) is 4.61. The zero-order valence-electron chi connectivity index (χ0n) is 12.4. The summed E-state index contributed by atoms with van der Waals surface area (Å²) < 4.78 is 27.4. The van der Waals surface area contributed by atoms with Gasteiger partial charge < -0.3 is 5.43 Å². The first kappa shape index (κ1) is 17.3. The molecule has 0 aliphatic carbocycles. The van der Waals surface area contributed by atoms with Crippen LogP contribution in [0.2, 0.25) is 0 Å². The van der Waals surface area contributed by atoms with Crippen LogP contribution >= 0.6 is 11.8 Å². The molecule has 5 nitrogen and oxygen atoms in total. The van der Waals surface area contributed by atoms with Crippen LogP contribution in [0.15, 0.2) is 17.0 Å². The van der Waals surface area contributed by atoms with Gasteiger partial charge in [0.05, 0.1) is 4.90 Å². The highest BCUT2D eigenvalue weighted by atomic mass is 32.2. The lowest BCUT2D eigenvalue weighted by Gasteiger charge is -2.15. The highest BCUT2D eigenvalue weighted by Gasteiger charge is 2.19. The molecular weight excluding hydrogens is 294 g/mol. The molecule has 0 bridgehead atoms. The molecule has 0 spiro atoms. The van der Waals surface area contributed by atoms with Crippen LogP contribution in [0.3, 0.4) is 0 Å². The van der Waals surface area contributed by atoms with Crippen LogP contribution in [0.25, 0.3) is 0 Å². The number of nitrogens with one attached hydrogen (secondary N) is 2. The van der Waals surface area contributed by atoms with Crippen LogP contribution in [0.1, 0.15) is 24.5 Å². The van der Waals surface area contributed by atoms with Gasteiger partial charge in [0, 0.05) is 17.5 Å². The summed E-state index contributed by atoms with van der Waals surface area (Å²) in [7, 11) is -3.48. The number of anilines is 1. The van der Waals surface area contributed by atoms with Crippen LogP contribution in [0, 0.1) is 13.8 Å². The molecule has 0 amide bonds. The lowest BCUT2D eigenvalue weighted by atomic mass is 10.1. The van der Waals surface area contributed by atoms with Gasteiger partial charge in [-0.3, -0.25) is 5.84 Å². The Morgan fingerprint density at radius 3 is 2.30 bits per heavy atom. The van der Waals surface area contributed by atoms with Gasteiger partial charge in [-0.15, -0.1) is 0 Å². The molecule has 0 heterocycles. The lowest BCUT2D eigenvalue weighted by Crippen LogP contribution is -2.27. The van der Waals surface area contributed by atoms with Crippen LogP contribution in [-0.2, 0) is 10.0 Å². The second-order valence-corrected chi connectivity index (χ2v) is 7.80. The van der Waals surface area contributed by atoms with E-state index in [1.54, 1.807) is 37.7 Å². The Balaban J connectivity index is 2.93. The zero-order valence-corrected chi connectivity index (χ0v) is 14.0. The van der Waals surface area contributed by atoms with E-state index in [0.717, 1.165) is 6.42 Å². The molecule has 1 atom stereocenters. The van der Waals surface area contributed by atoms with E-state index in [0.29, 0.717) is 33.5 Å². The van der Waals surface area contributed by atoms with Crippen molar-refractivity contribution in [2.45, 2.75) is 37.3 Å². The molecule has 1 rings (SSSR count). The zero-order chi connectivity index (χ0) is 15.3. The van der Waals surface area contributed by atoms with E-state index in [-0.39, 0.29) is 0 Å². The molecule has 1 aromatic carbocycles. The van der Waals surface area contributed by atoms with E-state index in [4.69, 9.17) is 5.84 Å². The summed E-state index contributed by atoms with van der Waals surface area (Å²) >= 11 is 1.73. The SMILES string of the molecule is CSC(C)CCNS(=O)(=O)c1c(C)cc(NN)cc1C. The normalized spacial score (nSPS) is 13.2. The Hall–Kier alpha value is -0.760. The quantitative estimate of drug-likeness (QED) is 0.529. The predicted molar refractivity (Wildman–Crippen MR) is 86.5 cm³/mol. The van der Waals surface area contributed by atoms with Crippen LogP contribution in [-0.4, -0.2) is 26.5 Å². The van der Waals surface area contributed by atoms with Crippen molar-refractivity contribution in [2.75, 3.05) is 18.2 Å². The van der Waals surface area contributed by atoms with Crippen molar-refractivity contribution in [1.82, 2.24) is 4.72 Å². The van der Waals surface area contributed by atoms with Crippen molar-refractivity contribution in [1.29, 1.82) is 0 Å². The fourth-order valence-corrected chi connectivity index (χ4v) is 3.89. The molecule has 0 aliphatic rings. The highest BCUT2D eigenvalue weighted by molar-refractivity contribution is 7.99. The molecule has 0 aliphatic heterocycles. The maximum absolute atomic E-state index is 12.4. The Bertz CT molecular complexity index is 536. The molecule has 7 heteroatoms. The van der Waals surface area contributed by atoms with Gasteiger partial charge in [0.1, 0.15) is 0 Å². The van der Waals surface area contributed by atoms with Crippen LogP contribution in [0.5, 0.6) is 0 Å². The highest BCUT2D eigenvalue weighted by Crippen LogP contribution is 2.24. The Labute approximate surface area is 125 Å². The molecule has 1 aromatic rings. The first-order valence-electron chi connectivity index (χ1n) is 6.42. The van der Waals surface area contributed by atoms with Crippen molar-refractivity contribution in [3.63, 3.8) is 0 Å². The number of hydrogen-bond donors (Lipinski definition) is 3. The smallest absolute Gasteiger partial charge is 0.241 e. The molecule has 4 N–H and O–H groups in total. The molecule has 114 valence electrons. The third-order valence-corrected chi connectivity index (χ3v) is 5.95. The van der Waals surface area contributed by atoms with Crippen molar-refractivity contribution in [2.24, 2.45) is 5.84 Å². The van der Waals surface area contributed by atoms with Crippen molar-refractivity contribution >= 4 is 27.5 Å². The third kappa shape index (κ3) is 4.37. The number of thioether (sulfide) groups is 1. The largest absolute Gasteiger partial charge is 0.324 e. The van der Waals surface area contributed by atoms with Crippen molar-refractivity contribution in [3.05, 3.63) is 23.3 Å². The Morgan fingerprint density at radius 1 is 1.30 bits per heavy atom. The van der Waals surface area contributed by atoms with Gasteiger partial charge in [-0.25, -0.2) is 13.1 Å². The standard InChI is InChI=1S/C13H23N3O2S2/c1-9-7-12(16-14)8-10(2)13(9)20(17,18)15-6-5-11(3)19-4/h7-8,11,15-16H,5-6,14H2,1-4H3. The summed E-state index contributed by atoms with van der Waals surface area (Å²) in [5, 5.41) is 0.434. The number of hydrazine groups is 1. The number of rotatable bonds is 7. The molecule has 20 heavy (non-hydrogen) atoms. The van der Waals surface area contributed by atoms with E-state index >= 15 is 0 Å². The Kier molecular flexibility index (Phi) is 6.32. The van der Waals surface area contributed by atoms with Crippen molar-refractivity contribution in [3.8, 4) is 0 Å². The third-order valence-electron chi connectivity index (χ3n) is 3.14.